The van der Waals surface area contributed by atoms with Crippen molar-refractivity contribution in [2.24, 2.45) is 16.7 Å². The molecule has 0 aliphatic heterocycles. The van der Waals surface area contributed by atoms with Crippen LogP contribution >= 0.6 is 0 Å². The fourth-order valence-corrected chi connectivity index (χ4v) is 3.12. The summed E-state index contributed by atoms with van der Waals surface area (Å²) < 4.78 is 0. The van der Waals surface area contributed by atoms with E-state index in [0.29, 0.717) is 5.92 Å². The molecule has 0 radical (unpaired) electrons. The molecule has 0 unspecified atom stereocenters. The molecule has 0 aromatic rings. The Hall–Kier alpha value is -0.790. The summed E-state index contributed by atoms with van der Waals surface area (Å²) in [5, 5.41) is 9.23. The number of carboxylic acid groups (broad SMARTS) is 1. The molecule has 2 bridgehead atoms. The van der Waals surface area contributed by atoms with Gasteiger partial charge in [0.05, 0.1) is 5.41 Å². The molecule has 0 spiro atoms. The molecule has 0 heterocycles. The van der Waals surface area contributed by atoms with Crippen LogP contribution in [0.3, 0.4) is 0 Å². The molecular weight excluding hydrogens is 164 g/mol. The fourth-order valence-electron chi connectivity index (χ4n) is 3.12. The highest BCUT2D eigenvalue weighted by Gasteiger charge is 2.61. The molecule has 2 atom stereocenters. The van der Waals surface area contributed by atoms with Gasteiger partial charge in [0, 0.05) is 0 Å². The monoisotopic (exact) mass is 180 g/mol. The highest BCUT2D eigenvalue weighted by atomic mass is 16.4. The van der Waals surface area contributed by atoms with E-state index in [1.54, 1.807) is 0 Å². The second-order valence-electron chi connectivity index (χ2n) is 5.03. The van der Waals surface area contributed by atoms with Gasteiger partial charge < -0.3 is 5.11 Å². The van der Waals surface area contributed by atoms with Crippen LogP contribution in [0.2, 0.25) is 0 Å². The van der Waals surface area contributed by atoms with Crippen molar-refractivity contribution in [3.05, 3.63) is 12.2 Å². The maximum absolute atomic E-state index is 11.2. The Morgan fingerprint density at radius 2 is 2.23 bits per heavy atom. The van der Waals surface area contributed by atoms with Gasteiger partial charge in [-0.15, -0.1) is 0 Å². The quantitative estimate of drug-likeness (QED) is 0.629. The highest BCUT2D eigenvalue weighted by molar-refractivity contribution is 5.80. The molecule has 72 valence electrons. The van der Waals surface area contributed by atoms with Gasteiger partial charge in [-0.3, -0.25) is 4.79 Å². The van der Waals surface area contributed by atoms with Crippen LogP contribution in [0.5, 0.6) is 0 Å². The average Bonchev–Trinajstić information content (AvgIpc) is 2.53. The summed E-state index contributed by atoms with van der Waals surface area (Å²) in [5.41, 5.74) is 0.411. The highest BCUT2D eigenvalue weighted by Crippen LogP contribution is 2.65. The molecule has 2 heteroatoms. The minimum absolute atomic E-state index is 0.0383. The summed E-state index contributed by atoms with van der Waals surface area (Å²) in [6.45, 7) is 8.26. The Bertz CT molecular complexity index is 290. The Labute approximate surface area is 78.6 Å². The lowest BCUT2D eigenvalue weighted by Gasteiger charge is -2.35. The predicted octanol–water partition coefficient (Wildman–Crippen LogP) is 2.45. The van der Waals surface area contributed by atoms with Gasteiger partial charge in [0.1, 0.15) is 0 Å². The van der Waals surface area contributed by atoms with Crippen LogP contribution in [-0.4, -0.2) is 11.1 Å². The minimum Gasteiger partial charge on any atom is -0.481 e. The van der Waals surface area contributed by atoms with E-state index in [1.807, 2.05) is 0 Å². The molecule has 2 fully saturated rings. The zero-order valence-electron chi connectivity index (χ0n) is 8.26. The lowest BCUT2D eigenvalue weighted by Crippen LogP contribution is -2.33. The van der Waals surface area contributed by atoms with Crippen LogP contribution in [-0.2, 0) is 4.79 Å². The topological polar surface area (TPSA) is 37.3 Å². The first-order valence-electron chi connectivity index (χ1n) is 4.84. The third kappa shape index (κ3) is 0.812. The summed E-state index contributed by atoms with van der Waals surface area (Å²) in [6, 6.07) is 0. The van der Waals surface area contributed by atoms with Crippen molar-refractivity contribution in [3.8, 4) is 0 Å². The molecule has 1 N–H and O–H groups in total. The molecule has 2 nitrogen and oxygen atoms in total. The number of hydrogen-bond acceptors (Lipinski definition) is 1. The van der Waals surface area contributed by atoms with Gasteiger partial charge >= 0.3 is 5.97 Å². The van der Waals surface area contributed by atoms with Gasteiger partial charge in [0.2, 0.25) is 0 Å². The number of carboxylic acids is 1. The molecule has 0 amide bonds. The SMILES string of the molecule is C=C1C(C)(C)[C@H]2CC[C@@]1(C(=O)O)C2. The number of rotatable bonds is 1. The Kier molecular flexibility index (Phi) is 1.47. The van der Waals surface area contributed by atoms with E-state index in [4.69, 9.17) is 0 Å². The first-order valence-corrected chi connectivity index (χ1v) is 4.84. The van der Waals surface area contributed by atoms with E-state index >= 15 is 0 Å². The van der Waals surface area contributed by atoms with E-state index in [2.05, 4.69) is 20.4 Å². The van der Waals surface area contributed by atoms with Crippen molar-refractivity contribution in [1.82, 2.24) is 0 Å². The second kappa shape index (κ2) is 2.17. The summed E-state index contributed by atoms with van der Waals surface area (Å²) >= 11 is 0. The fraction of sp³-hybridized carbons (Fsp3) is 0.727. The number of aliphatic carboxylic acids is 1. The van der Waals surface area contributed by atoms with E-state index in [0.717, 1.165) is 24.8 Å². The smallest absolute Gasteiger partial charge is 0.313 e. The molecule has 2 aliphatic carbocycles. The Morgan fingerprint density at radius 3 is 2.54 bits per heavy atom. The maximum atomic E-state index is 11.2. The third-order valence-electron chi connectivity index (χ3n) is 4.30. The Morgan fingerprint density at radius 1 is 1.62 bits per heavy atom. The van der Waals surface area contributed by atoms with Crippen molar-refractivity contribution in [1.29, 1.82) is 0 Å². The van der Waals surface area contributed by atoms with Crippen LogP contribution in [0.25, 0.3) is 0 Å². The predicted molar refractivity (Wildman–Crippen MR) is 50.3 cm³/mol. The standard InChI is InChI=1S/C11H16O2/c1-7-10(2,3)8-4-5-11(7,6-8)9(12)13/h8H,1,4-6H2,2-3H3,(H,12,13)/t8-,11+/m0/s1. The second-order valence-corrected chi connectivity index (χ2v) is 5.03. The first-order chi connectivity index (χ1) is 5.91. The van der Waals surface area contributed by atoms with Crippen LogP contribution in [0.15, 0.2) is 12.2 Å². The normalized spacial score (nSPS) is 41.1. The van der Waals surface area contributed by atoms with E-state index in [-0.39, 0.29) is 5.41 Å². The molecule has 0 saturated heterocycles. The zero-order chi connectivity index (χ0) is 9.85. The number of fused-ring (bicyclic) bond motifs is 2. The lowest BCUT2D eigenvalue weighted by molar-refractivity contribution is -0.146. The van der Waals surface area contributed by atoms with Gasteiger partial charge in [-0.05, 0) is 30.6 Å². The van der Waals surface area contributed by atoms with Crippen molar-refractivity contribution >= 4 is 5.97 Å². The van der Waals surface area contributed by atoms with Crippen molar-refractivity contribution in [2.75, 3.05) is 0 Å². The summed E-state index contributed by atoms with van der Waals surface area (Å²) in [6.07, 6.45) is 2.67. The molecule has 2 rings (SSSR count). The maximum Gasteiger partial charge on any atom is 0.313 e. The lowest BCUT2D eigenvalue weighted by atomic mass is 9.68. The van der Waals surface area contributed by atoms with Crippen molar-refractivity contribution < 1.29 is 9.90 Å². The van der Waals surface area contributed by atoms with Gasteiger partial charge in [-0.25, -0.2) is 0 Å². The van der Waals surface area contributed by atoms with E-state index in [9.17, 15) is 9.90 Å². The molecule has 0 aromatic heterocycles. The average molecular weight is 180 g/mol. The minimum atomic E-state index is -0.662. The summed E-state index contributed by atoms with van der Waals surface area (Å²) in [7, 11) is 0. The van der Waals surface area contributed by atoms with Crippen molar-refractivity contribution in [2.45, 2.75) is 33.1 Å². The number of carbonyl (C=O) groups is 1. The van der Waals surface area contributed by atoms with Gasteiger partial charge in [-0.2, -0.15) is 0 Å². The number of hydrogen-bond donors (Lipinski definition) is 1. The molecule has 2 saturated carbocycles. The van der Waals surface area contributed by atoms with Gasteiger partial charge in [0.25, 0.3) is 0 Å². The Balaban J connectivity index is 2.46. The van der Waals surface area contributed by atoms with Crippen LogP contribution < -0.4 is 0 Å². The zero-order valence-corrected chi connectivity index (χ0v) is 8.26. The van der Waals surface area contributed by atoms with Gasteiger partial charge in [-0.1, -0.05) is 26.0 Å². The first kappa shape index (κ1) is 8.79. The third-order valence-corrected chi connectivity index (χ3v) is 4.30. The van der Waals surface area contributed by atoms with Crippen LogP contribution in [0, 0.1) is 16.7 Å². The molecule has 0 aromatic carbocycles. The summed E-state index contributed by atoms with van der Waals surface area (Å²) in [4.78, 5) is 11.2. The van der Waals surface area contributed by atoms with E-state index in [1.165, 1.54) is 0 Å². The van der Waals surface area contributed by atoms with Crippen LogP contribution in [0.1, 0.15) is 33.1 Å². The van der Waals surface area contributed by atoms with Gasteiger partial charge in [0.15, 0.2) is 0 Å². The van der Waals surface area contributed by atoms with Crippen LogP contribution in [0.4, 0.5) is 0 Å². The van der Waals surface area contributed by atoms with Crippen molar-refractivity contribution in [3.63, 3.8) is 0 Å². The molecule has 2 aliphatic rings. The largest absolute Gasteiger partial charge is 0.481 e. The van der Waals surface area contributed by atoms with E-state index < -0.39 is 11.4 Å². The molecular formula is C11H16O2. The molecule has 13 heavy (non-hydrogen) atoms. The summed E-state index contributed by atoms with van der Waals surface area (Å²) in [5.74, 6) is -0.123.